The second-order valence-electron chi connectivity index (χ2n) is 11.5. The number of nitrogens with two attached hydrogens (primary N) is 2. The Hall–Kier alpha value is -4.74. The largest absolute Gasteiger partial charge is 0.443 e. The third-order valence-corrected chi connectivity index (χ3v) is 7.66. The minimum atomic E-state index is -1.14. The van der Waals surface area contributed by atoms with Crippen LogP contribution in [-0.4, -0.2) is 56.9 Å². The second kappa shape index (κ2) is 13.3. The van der Waals surface area contributed by atoms with Crippen LogP contribution in [0.1, 0.15) is 49.8 Å². The summed E-state index contributed by atoms with van der Waals surface area (Å²) in [6, 6.07) is 22.2. The molecule has 1 saturated heterocycles. The van der Waals surface area contributed by atoms with Crippen molar-refractivity contribution < 1.29 is 23.9 Å². The quantitative estimate of drug-likeness (QED) is 0.238. The molecule has 0 radical (unpaired) electrons. The molecule has 1 fully saturated rings. The van der Waals surface area contributed by atoms with E-state index in [4.69, 9.17) is 20.9 Å². The standard InChI is InChI=1S/C33H38N6O5/c1-33(2,35)31(41)37-27(21-43-19-23-12-6-7-15-26(23)22-10-4-3-5-11-22)30-36-18-24-13-8-14-25(39(24)30)20-44-32(42)38-17-9-16-28(38)29(34)40/h3-8,10-15,18,27-28H,9,16-17,19-21,35H2,1-2H3,(H2,34,40)(H,37,41)/t27-,28?/m1/s1. The molecule has 0 aliphatic carbocycles. The molecule has 3 heterocycles. The van der Waals surface area contributed by atoms with Crippen molar-refractivity contribution in [1.29, 1.82) is 0 Å². The van der Waals surface area contributed by atoms with Gasteiger partial charge in [-0.3, -0.25) is 18.9 Å². The van der Waals surface area contributed by atoms with Crippen molar-refractivity contribution >= 4 is 23.4 Å². The number of benzene rings is 2. The third kappa shape index (κ3) is 6.90. The van der Waals surface area contributed by atoms with Gasteiger partial charge >= 0.3 is 6.09 Å². The summed E-state index contributed by atoms with van der Waals surface area (Å²) in [7, 11) is 0. The molecule has 5 N–H and O–H groups in total. The van der Waals surface area contributed by atoms with Crippen molar-refractivity contribution in [3.63, 3.8) is 0 Å². The maximum absolute atomic E-state index is 13.1. The fraction of sp³-hybridized carbons (Fsp3) is 0.333. The topological polar surface area (TPSA) is 154 Å². The van der Waals surface area contributed by atoms with E-state index in [1.54, 1.807) is 20.0 Å². The molecule has 11 heteroatoms. The molecular formula is C33H38N6O5. The number of ether oxygens (including phenoxy) is 2. The highest BCUT2D eigenvalue weighted by Gasteiger charge is 2.34. The number of hydrogen-bond acceptors (Lipinski definition) is 7. The van der Waals surface area contributed by atoms with Crippen LogP contribution in [0.5, 0.6) is 0 Å². The van der Waals surface area contributed by atoms with Crippen molar-refractivity contribution in [2.24, 2.45) is 11.5 Å². The number of carbonyl (C=O) groups excluding carboxylic acids is 3. The van der Waals surface area contributed by atoms with Crippen molar-refractivity contribution in [2.75, 3.05) is 13.2 Å². The number of hydrogen-bond donors (Lipinski definition) is 3. The monoisotopic (exact) mass is 598 g/mol. The summed E-state index contributed by atoms with van der Waals surface area (Å²) in [4.78, 5) is 43.7. The lowest BCUT2D eigenvalue weighted by atomic mass is 10.0. The fourth-order valence-electron chi connectivity index (χ4n) is 5.36. The van der Waals surface area contributed by atoms with E-state index in [2.05, 4.69) is 10.3 Å². The molecule has 1 aliphatic heterocycles. The van der Waals surface area contributed by atoms with E-state index in [0.29, 0.717) is 37.5 Å². The van der Waals surface area contributed by atoms with E-state index in [9.17, 15) is 14.4 Å². The van der Waals surface area contributed by atoms with Gasteiger partial charge in [-0.05, 0) is 55.5 Å². The number of amides is 3. The molecule has 44 heavy (non-hydrogen) atoms. The number of likely N-dealkylation sites (tertiary alicyclic amines) is 1. The normalized spacial score (nSPS) is 15.7. The maximum Gasteiger partial charge on any atom is 0.410 e. The predicted molar refractivity (Wildman–Crippen MR) is 165 cm³/mol. The number of rotatable bonds is 11. The average Bonchev–Trinajstić information content (AvgIpc) is 3.68. The summed E-state index contributed by atoms with van der Waals surface area (Å²) < 4.78 is 13.7. The van der Waals surface area contributed by atoms with Crippen LogP contribution < -0.4 is 16.8 Å². The SMILES string of the molecule is CC(C)(N)C(=O)N[C@H](COCc1ccccc1-c1ccccc1)c1ncc2cccc(COC(=O)N3CCCC3C(N)=O)n12. The number of primary amides is 1. The minimum Gasteiger partial charge on any atom is -0.443 e. The van der Waals surface area contributed by atoms with Gasteiger partial charge in [-0.25, -0.2) is 9.78 Å². The van der Waals surface area contributed by atoms with Gasteiger partial charge in [0.05, 0.1) is 36.2 Å². The zero-order valence-electron chi connectivity index (χ0n) is 24.9. The number of fused-ring (bicyclic) bond motifs is 1. The van der Waals surface area contributed by atoms with Gasteiger partial charge in [0.25, 0.3) is 0 Å². The van der Waals surface area contributed by atoms with Gasteiger partial charge in [0.2, 0.25) is 11.8 Å². The number of carbonyl (C=O) groups is 3. The molecule has 0 bridgehead atoms. The van der Waals surface area contributed by atoms with Crippen LogP contribution in [0.2, 0.25) is 0 Å². The van der Waals surface area contributed by atoms with Gasteiger partial charge in [0.1, 0.15) is 24.5 Å². The molecule has 2 atom stereocenters. The van der Waals surface area contributed by atoms with E-state index >= 15 is 0 Å². The van der Waals surface area contributed by atoms with Crippen molar-refractivity contribution in [1.82, 2.24) is 19.6 Å². The molecule has 3 amide bonds. The fourth-order valence-corrected chi connectivity index (χ4v) is 5.36. The molecule has 1 unspecified atom stereocenters. The van der Waals surface area contributed by atoms with Crippen LogP contribution in [0, 0.1) is 0 Å². The van der Waals surface area contributed by atoms with Crippen LogP contribution in [-0.2, 0) is 32.3 Å². The Bertz CT molecular complexity index is 1630. The van der Waals surface area contributed by atoms with Crippen LogP contribution >= 0.6 is 0 Å². The van der Waals surface area contributed by atoms with Gasteiger partial charge < -0.3 is 26.3 Å². The molecule has 1 aliphatic rings. The third-order valence-electron chi connectivity index (χ3n) is 7.66. The summed E-state index contributed by atoms with van der Waals surface area (Å²) in [5.74, 6) is -0.425. The highest BCUT2D eigenvalue weighted by molar-refractivity contribution is 5.85. The van der Waals surface area contributed by atoms with Crippen molar-refractivity contribution in [3.8, 4) is 11.1 Å². The number of nitrogens with one attached hydrogen (secondary N) is 1. The number of nitrogens with zero attached hydrogens (tertiary/aromatic N) is 3. The Morgan fingerprint density at radius 2 is 1.77 bits per heavy atom. The number of pyridine rings is 1. The van der Waals surface area contributed by atoms with Gasteiger partial charge in [0, 0.05) is 6.54 Å². The van der Waals surface area contributed by atoms with Crippen LogP contribution in [0.3, 0.4) is 0 Å². The second-order valence-corrected chi connectivity index (χ2v) is 11.5. The zero-order valence-corrected chi connectivity index (χ0v) is 24.9. The first kappa shape index (κ1) is 30.7. The molecule has 5 rings (SSSR count). The average molecular weight is 599 g/mol. The summed E-state index contributed by atoms with van der Waals surface area (Å²) in [5, 5.41) is 3.00. The van der Waals surface area contributed by atoms with E-state index < -0.39 is 29.6 Å². The number of aromatic nitrogens is 2. The minimum absolute atomic E-state index is 0.0874. The summed E-state index contributed by atoms with van der Waals surface area (Å²) >= 11 is 0. The molecule has 4 aromatic rings. The molecule has 0 spiro atoms. The van der Waals surface area contributed by atoms with Gasteiger partial charge in [-0.2, -0.15) is 0 Å². The smallest absolute Gasteiger partial charge is 0.410 e. The lowest BCUT2D eigenvalue weighted by Gasteiger charge is -2.25. The molecule has 0 saturated carbocycles. The van der Waals surface area contributed by atoms with Gasteiger partial charge in [0.15, 0.2) is 0 Å². The predicted octanol–water partition coefficient (Wildman–Crippen LogP) is 3.70. The summed E-state index contributed by atoms with van der Waals surface area (Å²) in [6.07, 6.45) is 2.26. The van der Waals surface area contributed by atoms with E-state index in [-0.39, 0.29) is 19.1 Å². The highest BCUT2D eigenvalue weighted by atomic mass is 16.6. The van der Waals surface area contributed by atoms with Crippen molar-refractivity contribution in [2.45, 2.75) is 57.5 Å². The van der Waals surface area contributed by atoms with Crippen LogP contribution in [0.25, 0.3) is 16.6 Å². The Kier molecular flexibility index (Phi) is 9.26. The Morgan fingerprint density at radius 1 is 1.02 bits per heavy atom. The molecule has 2 aromatic heterocycles. The molecule has 230 valence electrons. The number of imidazole rings is 1. The van der Waals surface area contributed by atoms with Crippen LogP contribution in [0.4, 0.5) is 4.79 Å². The first-order valence-electron chi connectivity index (χ1n) is 14.6. The Balaban J connectivity index is 1.38. The lowest BCUT2D eigenvalue weighted by Crippen LogP contribution is -2.51. The molecule has 2 aromatic carbocycles. The molecule has 11 nitrogen and oxygen atoms in total. The first-order valence-corrected chi connectivity index (χ1v) is 14.6. The Morgan fingerprint density at radius 3 is 2.52 bits per heavy atom. The van der Waals surface area contributed by atoms with Gasteiger partial charge in [-0.15, -0.1) is 0 Å². The highest BCUT2D eigenvalue weighted by Crippen LogP contribution is 2.25. The Labute approximate surface area is 256 Å². The van der Waals surface area contributed by atoms with Crippen molar-refractivity contribution in [3.05, 3.63) is 96.1 Å². The summed E-state index contributed by atoms with van der Waals surface area (Å²) in [6.45, 7) is 3.97. The van der Waals surface area contributed by atoms with E-state index in [0.717, 1.165) is 22.2 Å². The molecular weight excluding hydrogens is 560 g/mol. The van der Waals surface area contributed by atoms with E-state index in [1.807, 2.05) is 77.2 Å². The zero-order chi connectivity index (χ0) is 31.3. The summed E-state index contributed by atoms with van der Waals surface area (Å²) in [5.41, 5.74) is 15.0. The van der Waals surface area contributed by atoms with Crippen LogP contribution in [0.15, 0.2) is 79.0 Å². The van der Waals surface area contributed by atoms with E-state index in [1.165, 1.54) is 4.90 Å². The maximum atomic E-state index is 13.1. The lowest BCUT2D eigenvalue weighted by molar-refractivity contribution is -0.126. The van der Waals surface area contributed by atoms with Gasteiger partial charge in [-0.1, -0.05) is 60.7 Å². The first-order chi connectivity index (χ1) is 21.1.